The number of nitrogens with zero attached hydrogens (tertiary/aromatic N) is 2. The van der Waals surface area contributed by atoms with Gasteiger partial charge in [0, 0.05) is 5.39 Å². The lowest BCUT2D eigenvalue weighted by Gasteiger charge is -1.87. The summed E-state index contributed by atoms with van der Waals surface area (Å²) < 4.78 is 18.4. The Labute approximate surface area is 78.2 Å². The summed E-state index contributed by atoms with van der Waals surface area (Å²) in [4.78, 5) is 7.87. The van der Waals surface area contributed by atoms with Gasteiger partial charge in [0.2, 0.25) is 0 Å². The van der Waals surface area contributed by atoms with Crippen LogP contribution < -0.4 is 0 Å². The van der Waals surface area contributed by atoms with Crippen LogP contribution in [0.1, 0.15) is 0 Å². The van der Waals surface area contributed by atoms with E-state index in [9.17, 15) is 4.39 Å². The van der Waals surface area contributed by atoms with Gasteiger partial charge in [-0.2, -0.15) is 0 Å². The molecule has 3 aromatic rings. The fraction of sp³-hybridized carbons (Fsp3) is 0. The second kappa shape index (κ2) is 2.51. The molecule has 0 N–H and O–H groups in total. The van der Waals surface area contributed by atoms with Crippen LogP contribution in [0.25, 0.3) is 22.1 Å². The molecular formula is C10H5FN2O. The highest BCUT2D eigenvalue weighted by Crippen LogP contribution is 2.26. The van der Waals surface area contributed by atoms with E-state index < -0.39 is 0 Å². The van der Waals surface area contributed by atoms with Crippen molar-refractivity contribution < 1.29 is 8.81 Å². The Bertz CT molecular complexity index is 618. The van der Waals surface area contributed by atoms with Gasteiger partial charge in [0.05, 0.1) is 6.20 Å². The molecule has 4 heteroatoms. The van der Waals surface area contributed by atoms with Crippen LogP contribution in [-0.4, -0.2) is 9.97 Å². The van der Waals surface area contributed by atoms with Crippen molar-refractivity contribution in [2.24, 2.45) is 0 Å². The summed E-state index contributed by atoms with van der Waals surface area (Å²) in [6.07, 6.45) is 2.99. The molecule has 3 rings (SSSR count). The second-order valence-corrected chi connectivity index (χ2v) is 2.98. The van der Waals surface area contributed by atoms with Crippen molar-refractivity contribution in [3.8, 4) is 0 Å². The number of hydrogen-bond donors (Lipinski definition) is 0. The Hall–Kier alpha value is -1.97. The number of hydrogen-bond acceptors (Lipinski definition) is 3. The number of fused-ring (bicyclic) bond motifs is 3. The van der Waals surface area contributed by atoms with Crippen molar-refractivity contribution in [1.29, 1.82) is 0 Å². The van der Waals surface area contributed by atoms with E-state index >= 15 is 0 Å². The zero-order valence-corrected chi connectivity index (χ0v) is 7.07. The first-order valence-electron chi connectivity index (χ1n) is 4.12. The monoisotopic (exact) mass is 188 g/mol. The average Bonchev–Trinajstić information content (AvgIpc) is 2.56. The number of rotatable bonds is 0. The minimum Gasteiger partial charge on any atom is -0.453 e. The first kappa shape index (κ1) is 7.44. The van der Waals surface area contributed by atoms with Gasteiger partial charge < -0.3 is 4.42 Å². The van der Waals surface area contributed by atoms with Crippen molar-refractivity contribution in [3.63, 3.8) is 0 Å². The Kier molecular flexibility index (Phi) is 1.33. The molecule has 3 nitrogen and oxygen atoms in total. The summed E-state index contributed by atoms with van der Waals surface area (Å²) in [5.74, 6) is -0.293. The van der Waals surface area contributed by atoms with Crippen molar-refractivity contribution >= 4 is 22.1 Å². The van der Waals surface area contributed by atoms with Crippen LogP contribution in [0.5, 0.6) is 0 Å². The summed E-state index contributed by atoms with van der Waals surface area (Å²) >= 11 is 0. The molecule has 0 unspecified atom stereocenters. The summed E-state index contributed by atoms with van der Waals surface area (Å²) in [6.45, 7) is 0. The van der Waals surface area contributed by atoms with Crippen molar-refractivity contribution in [3.05, 3.63) is 36.5 Å². The highest BCUT2D eigenvalue weighted by atomic mass is 19.1. The molecule has 0 aliphatic carbocycles. The third-order valence-corrected chi connectivity index (χ3v) is 2.10. The Morgan fingerprint density at radius 2 is 2.14 bits per heavy atom. The van der Waals surface area contributed by atoms with Crippen LogP contribution in [0, 0.1) is 5.82 Å². The van der Waals surface area contributed by atoms with Gasteiger partial charge in [-0.25, -0.2) is 14.4 Å². The molecule has 0 saturated carbocycles. The van der Waals surface area contributed by atoms with Crippen LogP contribution in [0.2, 0.25) is 0 Å². The first-order valence-corrected chi connectivity index (χ1v) is 4.12. The molecule has 0 aliphatic rings. The third-order valence-electron chi connectivity index (χ3n) is 2.10. The standard InChI is InChI=1S/C10H5FN2O/c11-6-1-2-8-7(3-6)10-9(14-8)4-12-5-13-10/h1-5H. The predicted octanol–water partition coefficient (Wildman–Crippen LogP) is 2.52. The molecule has 0 atom stereocenters. The zero-order chi connectivity index (χ0) is 9.54. The van der Waals surface area contributed by atoms with Crippen molar-refractivity contribution in [2.75, 3.05) is 0 Å². The van der Waals surface area contributed by atoms with Gasteiger partial charge in [0.15, 0.2) is 5.58 Å². The molecule has 0 radical (unpaired) electrons. The number of furan rings is 1. The molecule has 0 saturated heterocycles. The van der Waals surface area contributed by atoms with E-state index in [1.165, 1.54) is 18.5 Å². The van der Waals surface area contributed by atoms with Crippen LogP contribution >= 0.6 is 0 Å². The van der Waals surface area contributed by atoms with E-state index in [1.807, 2.05) is 0 Å². The minimum absolute atomic E-state index is 0.293. The van der Waals surface area contributed by atoms with Gasteiger partial charge in [0.25, 0.3) is 0 Å². The second-order valence-electron chi connectivity index (χ2n) is 2.98. The molecule has 2 heterocycles. The molecule has 14 heavy (non-hydrogen) atoms. The molecule has 0 spiro atoms. The van der Waals surface area contributed by atoms with Crippen molar-refractivity contribution in [1.82, 2.24) is 9.97 Å². The Balaban J connectivity index is 2.58. The van der Waals surface area contributed by atoms with Gasteiger partial charge >= 0.3 is 0 Å². The summed E-state index contributed by atoms with van der Waals surface area (Å²) in [5, 5.41) is 0.683. The largest absolute Gasteiger partial charge is 0.453 e. The summed E-state index contributed by atoms with van der Waals surface area (Å²) in [5.41, 5.74) is 1.85. The van der Waals surface area contributed by atoms with Gasteiger partial charge in [-0.1, -0.05) is 0 Å². The van der Waals surface area contributed by atoms with Crippen LogP contribution in [-0.2, 0) is 0 Å². The highest BCUT2D eigenvalue weighted by Gasteiger charge is 2.07. The number of aromatic nitrogens is 2. The van der Waals surface area contributed by atoms with Crippen molar-refractivity contribution in [2.45, 2.75) is 0 Å². The lowest BCUT2D eigenvalue weighted by atomic mass is 10.2. The topological polar surface area (TPSA) is 38.9 Å². The van der Waals surface area contributed by atoms with Crippen LogP contribution in [0.3, 0.4) is 0 Å². The molecule has 0 bridgehead atoms. The smallest absolute Gasteiger partial charge is 0.172 e. The van der Waals surface area contributed by atoms with E-state index in [-0.39, 0.29) is 5.82 Å². The number of halogens is 1. The van der Waals surface area contributed by atoms with Crippen LogP contribution in [0.15, 0.2) is 35.1 Å². The van der Waals surface area contributed by atoms with Crippen LogP contribution in [0.4, 0.5) is 4.39 Å². The fourth-order valence-corrected chi connectivity index (χ4v) is 1.49. The molecule has 2 aromatic heterocycles. The third kappa shape index (κ3) is 0.907. The summed E-state index contributed by atoms with van der Waals surface area (Å²) in [6, 6.07) is 4.36. The van der Waals surface area contributed by atoms with E-state index in [0.717, 1.165) is 0 Å². The van der Waals surface area contributed by atoms with Gasteiger partial charge in [-0.3, -0.25) is 0 Å². The fourth-order valence-electron chi connectivity index (χ4n) is 1.49. The Morgan fingerprint density at radius 1 is 1.21 bits per heavy atom. The molecule has 1 aromatic carbocycles. The maximum atomic E-state index is 13.0. The predicted molar refractivity (Wildman–Crippen MR) is 49.3 cm³/mol. The summed E-state index contributed by atoms with van der Waals surface area (Å²) in [7, 11) is 0. The normalized spacial score (nSPS) is 11.2. The molecule has 0 aliphatic heterocycles. The van der Waals surface area contributed by atoms with E-state index in [4.69, 9.17) is 4.42 Å². The quantitative estimate of drug-likeness (QED) is 0.544. The molecule has 0 fully saturated rings. The van der Waals surface area contributed by atoms with E-state index in [1.54, 1.807) is 12.3 Å². The van der Waals surface area contributed by atoms with Gasteiger partial charge in [-0.05, 0) is 18.2 Å². The molecular weight excluding hydrogens is 183 g/mol. The van der Waals surface area contributed by atoms with Gasteiger partial charge in [0.1, 0.15) is 23.2 Å². The molecule has 68 valence electrons. The lowest BCUT2D eigenvalue weighted by Crippen LogP contribution is -1.76. The lowest BCUT2D eigenvalue weighted by molar-refractivity contribution is 0.626. The SMILES string of the molecule is Fc1ccc2oc3cncnc3c2c1. The first-order chi connectivity index (χ1) is 6.84. The molecule has 0 amide bonds. The Morgan fingerprint density at radius 3 is 3.07 bits per heavy atom. The highest BCUT2D eigenvalue weighted by molar-refractivity contribution is 6.01. The maximum Gasteiger partial charge on any atom is 0.172 e. The average molecular weight is 188 g/mol. The zero-order valence-electron chi connectivity index (χ0n) is 7.07. The van der Waals surface area contributed by atoms with E-state index in [2.05, 4.69) is 9.97 Å². The van der Waals surface area contributed by atoms with E-state index in [0.29, 0.717) is 22.1 Å². The van der Waals surface area contributed by atoms with Gasteiger partial charge in [-0.15, -0.1) is 0 Å². The maximum absolute atomic E-state index is 13.0. The minimum atomic E-state index is -0.293. The number of benzene rings is 1.